The van der Waals surface area contributed by atoms with Gasteiger partial charge in [-0.2, -0.15) is 0 Å². The van der Waals surface area contributed by atoms with E-state index < -0.39 is 12.9 Å². The Morgan fingerprint density at radius 1 is 1.24 bits per heavy atom. The number of rotatable bonds is 3. The van der Waals surface area contributed by atoms with Gasteiger partial charge in [0.15, 0.2) is 0 Å². The molecule has 3 aromatic rings. The van der Waals surface area contributed by atoms with E-state index in [1.807, 2.05) is 24.3 Å². The van der Waals surface area contributed by atoms with Crippen molar-refractivity contribution in [2.24, 2.45) is 0 Å². The Morgan fingerprint density at radius 3 is 2.68 bits per heavy atom. The zero-order valence-corrected chi connectivity index (χ0v) is 15.1. The van der Waals surface area contributed by atoms with Crippen molar-refractivity contribution in [1.82, 2.24) is 14.5 Å². The fourth-order valence-electron chi connectivity index (χ4n) is 3.47. The van der Waals surface area contributed by atoms with E-state index >= 15 is 0 Å². The topological polar surface area (TPSA) is 41.0 Å². The van der Waals surface area contributed by atoms with Gasteiger partial charge in [0, 0.05) is 33.8 Å². The highest BCUT2D eigenvalue weighted by atomic mass is 79.9. The van der Waals surface area contributed by atoms with E-state index in [0.29, 0.717) is 25.9 Å². The van der Waals surface area contributed by atoms with Gasteiger partial charge in [-0.05, 0) is 49.5 Å². The predicted octanol–water partition coefficient (Wildman–Crippen LogP) is 4.49. The van der Waals surface area contributed by atoms with Crippen LogP contribution >= 0.6 is 15.9 Å². The van der Waals surface area contributed by atoms with Crippen LogP contribution < -0.4 is 5.69 Å². The van der Waals surface area contributed by atoms with Crippen LogP contribution in [0.15, 0.2) is 57.7 Å². The Balaban J connectivity index is 1.68. The van der Waals surface area contributed by atoms with Crippen molar-refractivity contribution in [3.05, 3.63) is 69.0 Å². The van der Waals surface area contributed by atoms with Crippen molar-refractivity contribution in [1.29, 1.82) is 0 Å². The minimum absolute atomic E-state index is 0.0120. The molecule has 0 radical (unpaired) electrons. The summed E-state index contributed by atoms with van der Waals surface area (Å²) < 4.78 is 58.9. The predicted molar refractivity (Wildman–Crippen MR) is 105 cm³/mol. The van der Waals surface area contributed by atoms with Crippen LogP contribution in [0.3, 0.4) is 0 Å². The van der Waals surface area contributed by atoms with Gasteiger partial charge in [-0.1, -0.05) is 40.1 Å². The molecule has 2 aromatic carbocycles. The number of para-hydroxylation sites is 2. The van der Waals surface area contributed by atoms with Gasteiger partial charge >= 0.3 is 5.69 Å². The molecule has 130 valence electrons. The molecule has 5 heteroatoms. The Hall–Kier alpha value is -1.85. The lowest BCUT2D eigenvalue weighted by Crippen LogP contribution is -2.38. The summed E-state index contributed by atoms with van der Waals surface area (Å²) in [4.78, 5) is 17.1. The Labute approximate surface area is 165 Å². The van der Waals surface area contributed by atoms with Gasteiger partial charge in [-0.15, -0.1) is 0 Å². The molecule has 1 aliphatic heterocycles. The summed E-state index contributed by atoms with van der Waals surface area (Å²) in [5.74, 6) is 0. The molecule has 1 saturated heterocycles. The number of H-pyrrole nitrogens is 1. The van der Waals surface area contributed by atoms with E-state index in [0.717, 1.165) is 11.0 Å². The Bertz CT molecular complexity index is 1200. The molecule has 0 spiro atoms. The van der Waals surface area contributed by atoms with Gasteiger partial charge in [0.2, 0.25) is 0 Å². The Morgan fingerprint density at radius 2 is 1.96 bits per heavy atom. The quantitative estimate of drug-likeness (QED) is 0.695. The summed E-state index contributed by atoms with van der Waals surface area (Å²) in [5.41, 5.74) is 1.23. The molecule has 0 amide bonds. The van der Waals surface area contributed by atoms with Crippen molar-refractivity contribution >= 4 is 27.0 Å². The number of fused-ring (bicyclic) bond motifs is 1. The van der Waals surface area contributed by atoms with E-state index in [9.17, 15) is 4.79 Å². The summed E-state index contributed by atoms with van der Waals surface area (Å²) in [6.07, 6.45) is 1.04. The lowest BCUT2D eigenvalue weighted by Gasteiger charge is -2.36. The zero-order valence-electron chi connectivity index (χ0n) is 20.5. The van der Waals surface area contributed by atoms with Gasteiger partial charge in [0.05, 0.1) is 16.5 Å². The second-order valence-corrected chi connectivity index (χ2v) is 7.01. The van der Waals surface area contributed by atoms with E-state index in [4.69, 9.17) is 9.60 Å². The number of benzene rings is 2. The third kappa shape index (κ3) is 3.18. The zero-order chi connectivity index (χ0) is 23.4. The second kappa shape index (κ2) is 6.81. The standard InChI is InChI=1S/C20H22BrN3O/c1-14(15-6-8-16(21)9-7-15)23-12-10-17(11-13-23)24-19-5-3-2-4-18(19)22-20(24)25/h2-9,14,17H,10-13H2,1H3,(H,22,25)/i1D3,6D,7D,8D,9D. The largest absolute Gasteiger partial charge is 0.326 e. The third-order valence-electron chi connectivity index (χ3n) is 4.74. The van der Waals surface area contributed by atoms with Crippen LogP contribution in [0.2, 0.25) is 0 Å². The van der Waals surface area contributed by atoms with Crippen molar-refractivity contribution in [2.75, 3.05) is 13.1 Å². The fraction of sp³-hybridized carbons (Fsp3) is 0.350. The van der Waals surface area contributed by atoms with Gasteiger partial charge in [-0.3, -0.25) is 9.47 Å². The molecule has 1 aliphatic rings. The number of nitrogens with zero attached hydrogens (tertiary/aromatic N) is 2. The molecule has 4 rings (SSSR count). The molecule has 4 nitrogen and oxygen atoms in total. The van der Waals surface area contributed by atoms with Crippen LogP contribution in [0.5, 0.6) is 0 Å². The summed E-state index contributed by atoms with van der Waals surface area (Å²) in [7, 11) is 0. The molecule has 1 aromatic heterocycles. The molecular formula is C20H22BrN3O. The smallest absolute Gasteiger partial charge is 0.306 e. The monoisotopic (exact) mass is 406 g/mol. The van der Waals surface area contributed by atoms with Crippen LogP contribution in [-0.4, -0.2) is 27.5 Å². The second-order valence-electron chi connectivity index (χ2n) is 6.21. The van der Waals surface area contributed by atoms with Crippen LogP contribution in [0, 0.1) is 0 Å². The molecule has 1 N–H and O–H groups in total. The summed E-state index contributed by atoms with van der Waals surface area (Å²) >= 11 is 3.06. The first-order chi connectivity index (χ1) is 15.0. The van der Waals surface area contributed by atoms with Crippen molar-refractivity contribution in [2.45, 2.75) is 31.8 Å². The highest BCUT2D eigenvalue weighted by molar-refractivity contribution is 9.10. The summed E-state index contributed by atoms with van der Waals surface area (Å²) in [5, 5.41) is 0. The van der Waals surface area contributed by atoms with Crippen molar-refractivity contribution < 1.29 is 9.60 Å². The molecule has 1 atom stereocenters. The minimum Gasteiger partial charge on any atom is -0.306 e. The maximum atomic E-state index is 12.5. The highest BCUT2D eigenvalue weighted by Gasteiger charge is 2.26. The van der Waals surface area contributed by atoms with Crippen molar-refractivity contribution in [3.8, 4) is 0 Å². The van der Waals surface area contributed by atoms with Crippen molar-refractivity contribution in [3.63, 3.8) is 0 Å². The van der Waals surface area contributed by atoms with Crippen LogP contribution in [0.1, 0.15) is 46.9 Å². The number of hydrogen-bond acceptors (Lipinski definition) is 2. The normalized spacial score (nSPS) is 22.4. The van der Waals surface area contributed by atoms with E-state index in [1.54, 1.807) is 9.47 Å². The molecule has 0 saturated carbocycles. The molecule has 2 heterocycles. The molecular weight excluding hydrogens is 378 g/mol. The number of nitrogens with one attached hydrogen (secondary N) is 1. The van der Waals surface area contributed by atoms with Crippen LogP contribution in [0.4, 0.5) is 0 Å². The number of aromatic amines is 1. The Kier molecular flexibility index (Phi) is 2.81. The first-order valence-electron chi connectivity index (χ1n) is 11.7. The first kappa shape index (κ1) is 10.3. The lowest BCUT2D eigenvalue weighted by molar-refractivity contribution is 0.144. The van der Waals surface area contributed by atoms with Gasteiger partial charge in [0.25, 0.3) is 0 Å². The molecule has 1 fully saturated rings. The average molecular weight is 407 g/mol. The third-order valence-corrected chi connectivity index (χ3v) is 5.14. The maximum absolute atomic E-state index is 12.5. The number of likely N-dealkylation sites (tertiary alicyclic amines) is 1. The number of hydrogen-bond donors (Lipinski definition) is 1. The van der Waals surface area contributed by atoms with Gasteiger partial charge < -0.3 is 4.98 Å². The lowest BCUT2D eigenvalue weighted by atomic mass is 10.00. The fourth-order valence-corrected chi connectivity index (χ4v) is 3.66. The SMILES string of the molecule is [2H]c1c([2H])c(C(N2CCC(n3c(=O)[nH]c4ccccc43)CC2)C([2H])([2H])[2H])c([2H])c([2H])c1Br. The average Bonchev–Trinajstić information content (AvgIpc) is 3.09. The van der Waals surface area contributed by atoms with E-state index in [1.165, 1.54) is 0 Å². The van der Waals surface area contributed by atoms with Gasteiger partial charge in [0.1, 0.15) is 0 Å². The molecule has 25 heavy (non-hydrogen) atoms. The molecule has 1 unspecified atom stereocenters. The number of halogens is 1. The van der Waals surface area contributed by atoms with Crippen LogP contribution in [0.25, 0.3) is 11.0 Å². The first-order valence-corrected chi connectivity index (χ1v) is 9.00. The number of imidazole rings is 1. The van der Waals surface area contributed by atoms with Gasteiger partial charge in [-0.25, -0.2) is 4.79 Å². The summed E-state index contributed by atoms with van der Waals surface area (Å²) in [6, 6.07) is 4.74. The molecule has 0 bridgehead atoms. The highest BCUT2D eigenvalue weighted by Crippen LogP contribution is 2.30. The van der Waals surface area contributed by atoms with Crippen LogP contribution in [-0.2, 0) is 0 Å². The minimum atomic E-state index is -2.55. The number of aromatic nitrogens is 2. The van der Waals surface area contributed by atoms with E-state index in [-0.39, 0.29) is 45.9 Å². The maximum Gasteiger partial charge on any atom is 0.326 e. The summed E-state index contributed by atoms with van der Waals surface area (Å²) in [6.45, 7) is -1.87. The van der Waals surface area contributed by atoms with E-state index in [2.05, 4.69) is 20.9 Å². The molecule has 0 aliphatic carbocycles. The number of piperidine rings is 1.